The van der Waals surface area contributed by atoms with E-state index in [9.17, 15) is 14.4 Å². The van der Waals surface area contributed by atoms with E-state index in [0.29, 0.717) is 0 Å². The number of aliphatic hydroxyl groups is 1. The van der Waals surface area contributed by atoms with Crippen molar-refractivity contribution in [3.05, 3.63) is 12.7 Å². The Balaban J connectivity index is 4.19. The highest BCUT2D eigenvalue weighted by molar-refractivity contribution is 5.95. The SMILES string of the molecule is C=CC(=O)NC(C)(C)C(=O)CCCC(O)C(=O)O. The molecule has 0 aliphatic rings. The quantitative estimate of drug-likeness (QED) is 0.541. The molecule has 0 radical (unpaired) electrons. The molecular weight excluding hydrogens is 238 g/mol. The Labute approximate surface area is 106 Å². The number of amides is 1. The van der Waals surface area contributed by atoms with Gasteiger partial charge in [-0.15, -0.1) is 0 Å². The molecule has 1 atom stereocenters. The van der Waals surface area contributed by atoms with Gasteiger partial charge in [-0.2, -0.15) is 0 Å². The molecule has 1 unspecified atom stereocenters. The van der Waals surface area contributed by atoms with E-state index in [1.54, 1.807) is 13.8 Å². The zero-order valence-corrected chi connectivity index (χ0v) is 10.6. The Bertz CT molecular complexity index is 348. The third kappa shape index (κ3) is 5.58. The normalized spacial score (nSPS) is 12.6. The van der Waals surface area contributed by atoms with Crippen LogP contribution in [0.2, 0.25) is 0 Å². The lowest BCUT2D eigenvalue weighted by Gasteiger charge is -2.24. The van der Waals surface area contributed by atoms with Crippen LogP contribution in [0.15, 0.2) is 12.7 Å². The number of ketones is 1. The van der Waals surface area contributed by atoms with Crippen LogP contribution in [0, 0.1) is 0 Å². The molecule has 0 aromatic heterocycles. The second-order valence-corrected chi connectivity index (χ2v) is 4.49. The van der Waals surface area contributed by atoms with Crippen LogP contribution in [-0.2, 0) is 14.4 Å². The lowest BCUT2D eigenvalue weighted by atomic mass is 9.94. The van der Waals surface area contributed by atoms with E-state index >= 15 is 0 Å². The van der Waals surface area contributed by atoms with Crippen LogP contribution in [0.4, 0.5) is 0 Å². The molecule has 0 bridgehead atoms. The van der Waals surface area contributed by atoms with E-state index in [2.05, 4.69) is 11.9 Å². The topological polar surface area (TPSA) is 104 Å². The second-order valence-electron chi connectivity index (χ2n) is 4.49. The number of carboxylic acids is 1. The van der Waals surface area contributed by atoms with Crippen LogP contribution >= 0.6 is 0 Å². The van der Waals surface area contributed by atoms with Gasteiger partial charge in [0.2, 0.25) is 5.91 Å². The number of carboxylic acid groups (broad SMARTS) is 1. The summed E-state index contributed by atoms with van der Waals surface area (Å²) in [5.41, 5.74) is -1.03. The van der Waals surface area contributed by atoms with Crippen LogP contribution in [0.3, 0.4) is 0 Å². The Morgan fingerprint density at radius 3 is 2.39 bits per heavy atom. The fourth-order valence-corrected chi connectivity index (χ4v) is 1.32. The van der Waals surface area contributed by atoms with Gasteiger partial charge in [-0.3, -0.25) is 9.59 Å². The van der Waals surface area contributed by atoms with E-state index in [1.807, 2.05) is 0 Å². The minimum absolute atomic E-state index is 0.00651. The average molecular weight is 257 g/mol. The highest BCUT2D eigenvalue weighted by Gasteiger charge is 2.28. The number of hydrogen-bond donors (Lipinski definition) is 3. The molecule has 6 nitrogen and oxygen atoms in total. The van der Waals surface area contributed by atoms with E-state index in [0.717, 1.165) is 6.08 Å². The van der Waals surface area contributed by atoms with Gasteiger partial charge in [0.15, 0.2) is 11.9 Å². The summed E-state index contributed by atoms with van der Waals surface area (Å²) in [6.07, 6.45) is -0.0341. The predicted molar refractivity (Wildman–Crippen MR) is 64.9 cm³/mol. The number of carbonyl (C=O) groups is 3. The van der Waals surface area contributed by atoms with Gasteiger partial charge in [-0.1, -0.05) is 6.58 Å². The van der Waals surface area contributed by atoms with E-state index in [4.69, 9.17) is 10.2 Å². The monoisotopic (exact) mass is 257 g/mol. The van der Waals surface area contributed by atoms with Crippen molar-refractivity contribution in [3.8, 4) is 0 Å². The largest absolute Gasteiger partial charge is 0.479 e. The molecule has 0 spiro atoms. The van der Waals surface area contributed by atoms with Gasteiger partial charge in [0.25, 0.3) is 0 Å². The molecule has 0 saturated heterocycles. The first-order valence-corrected chi connectivity index (χ1v) is 5.59. The Kier molecular flexibility index (Phi) is 6.26. The summed E-state index contributed by atoms with van der Waals surface area (Å²) in [6.45, 7) is 6.41. The van der Waals surface area contributed by atoms with Gasteiger partial charge in [-0.05, 0) is 32.8 Å². The van der Waals surface area contributed by atoms with E-state index < -0.39 is 23.5 Å². The zero-order chi connectivity index (χ0) is 14.3. The summed E-state index contributed by atoms with van der Waals surface area (Å²) in [6, 6.07) is 0. The van der Waals surface area contributed by atoms with Crippen molar-refractivity contribution < 1.29 is 24.6 Å². The lowest BCUT2D eigenvalue weighted by Crippen LogP contribution is -2.49. The molecule has 0 rings (SSSR count). The number of nitrogens with one attached hydrogen (secondary N) is 1. The van der Waals surface area contributed by atoms with Crippen molar-refractivity contribution in [1.82, 2.24) is 5.32 Å². The van der Waals surface area contributed by atoms with Crippen LogP contribution in [0.5, 0.6) is 0 Å². The van der Waals surface area contributed by atoms with Gasteiger partial charge in [0, 0.05) is 6.42 Å². The molecule has 18 heavy (non-hydrogen) atoms. The standard InChI is InChI=1S/C12H19NO5/c1-4-10(16)13-12(2,3)9(15)7-5-6-8(14)11(17)18/h4,8,14H,1,5-7H2,2-3H3,(H,13,16)(H,17,18). The second kappa shape index (κ2) is 6.90. The van der Waals surface area contributed by atoms with Crippen molar-refractivity contribution in [2.24, 2.45) is 0 Å². The zero-order valence-electron chi connectivity index (χ0n) is 10.6. The molecule has 0 aromatic carbocycles. The molecule has 3 N–H and O–H groups in total. The molecule has 0 aliphatic heterocycles. The maximum Gasteiger partial charge on any atom is 0.332 e. The third-order valence-corrected chi connectivity index (χ3v) is 2.48. The van der Waals surface area contributed by atoms with Gasteiger partial charge >= 0.3 is 5.97 Å². The molecule has 0 saturated carbocycles. The van der Waals surface area contributed by atoms with Crippen LogP contribution in [0.1, 0.15) is 33.1 Å². The summed E-state index contributed by atoms with van der Waals surface area (Å²) in [5.74, 6) is -1.98. The molecule has 6 heteroatoms. The summed E-state index contributed by atoms with van der Waals surface area (Å²) in [7, 11) is 0. The van der Waals surface area contributed by atoms with Crippen molar-refractivity contribution in [1.29, 1.82) is 0 Å². The molecule has 0 aromatic rings. The summed E-state index contributed by atoms with van der Waals surface area (Å²) >= 11 is 0. The minimum Gasteiger partial charge on any atom is -0.479 e. The molecule has 0 heterocycles. The Hall–Kier alpha value is -1.69. The van der Waals surface area contributed by atoms with Crippen LogP contribution < -0.4 is 5.32 Å². The fraction of sp³-hybridized carbons (Fsp3) is 0.583. The summed E-state index contributed by atoms with van der Waals surface area (Å²) in [4.78, 5) is 33.2. The van der Waals surface area contributed by atoms with Gasteiger partial charge in [0.1, 0.15) is 0 Å². The number of Topliss-reactive ketones (excluding diaryl/α,β-unsaturated/α-hetero) is 1. The molecule has 0 fully saturated rings. The van der Waals surface area contributed by atoms with E-state index in [1.165, 1.54) is 0 Å². The average Bonchev–Trinajstić information content (AvgIpc) is 2.27. The van der Waals surface area contributed by atoms with Crippen molar-refractivity contribution in [2.75, 3.05) is 0 Å². The minimum atomic E-state index is -1.45. The highest BCUT2D eigenvalue weighted by Crippen LogP contribution is 2.11. The van der Waals surface area contributed by atoms with Crippen molar-refractivity contribution in [3.63, 3.8) is 0 Å². The number of hydrogen-bond acceptors (Lipinski definition) is 4. The maximum atomic E-state index is 11.8. The Morgan fingerprint density at radius 1 is 1.39 bits per heavy atom. The maximum absolute atomic E-state index is 11.8. The summed E-state index contributed by atoms with van der Waals surface area (Å²) < 4.78 is 0. The number of aliphatic hydroxyl groups excluding tert-OH is 1. The lowest BCUT2D eigenvalue weighted by molar-refractivity contribution is -0.147. The van der Waals surface area contributed by atoms with Gasteiger partial charge < -0.3 is 15.5 Å². The first kappa shape index (κ1) is 16.3. The Morgan fingerprint density at radius 2 is 1.94 bits per heavy atom. The van der Waals surface area contributed by atoms with E-state index in [-0.39, 0.29) is 25.0 Å². The first-order valence-electron chi connectivity index (χ1n) is 5.59. The first-order chi connectivity index (χ1) is 8.20. The van der Waals surface area contributed by atoms with Crippen LogP contribution in [0.25, 0.3) is 0 Å². The molecule has 1 amide bonds. The fourth-order valence-electron chi connectivity index (χ4n) is 1.32. The van der Waals surface area contributed by atoms with Crippen LogP contribution in [-0.4, -0.2) is 39.5 Å². The van der Waals surface area contributed by atoms with Gasteiger partial charge in [0.05, 0.1) is 5.54 Å². The van der Waals surface area contributed by atoms with Gasteiger partial charge in [-0.25, -0.2) is 4.79 Å². The number of carbonyl (C=O) groups excluding carboxylic acids is 2. The molecular formula is C12H19NO5. The predicted octanol–water partition coefficient (Wildman–Crippen LogP) is 0.252. The smallest absolute Gasteiger partial charge is 0.332 e. The number of aliphatic carboxylic acids is 1. The summed E-state index contributed by atoms with van der Waals surface area (Å²) in [5, 5.41) is 20.0. The molecule has 102 valence electrons. The highest BCUT2D eigenvalue weighted by atomic mass is 16.4. The van der Waals surface area contributed by atoms with Crippen molar-refractivity contribution >= 4 is 17.7 Å². The number of rotatable bonds is 8. The molecule has 0 aliphatic carbocycles. The third-order valence-electron chi connectivity index (χ3n) is 2.48. The van der Waals surface area contributed by atoms with Crippen molar-refractivity contribution in [2.45, 2.75) is 44.8 Å².